The van der Waals surface area contributed by atoms with Gasteiger partial charge in [0, 0.05) is 18.3 Å². The number of urea groups is 1. The van der Waals surface area contributed by atoms with Gasteiger partial charge < -0.3 is 16.0 Å². The summed E-state index contributed by atoms with van der Waals surface area (Å²) in [6.07, 6.45) is 3.76. The van der Waals surface area contributed by atoms with Gasteiger partial charge in [0.1, 0.15) is 0 Å². The van der Waals surface area contributed by atoms with Crippen molar-refractivity contribution in [2.24, 2.45) is 0 Å². The predicted molar refractivity (Wildman–Crippen MR) is 126 cm³/mol. The van der Waals surface area contributed by atoms with Gasteiger partial charge in [-0.2, -0.15) is 0 Å². The van der Waals surface area contributed by atoms with Crippen molar-refractivity contribution in [2.45, 2.75) is 19.4 Å². The minimum atomic E-state index is -0.325. The summed E-state index contributed by atoms with van der Waals surface area (Å²) in [5, 5.41) is 8.53. The molecule has 3 aromatic rings. The van der Waals surface area contributed by atoms with Gasteiger partial charge in [0.05, 0.1) is 6.04 Å². The van der Waals surface area contributed by atoms with Crippen molar-refractivity contribution in [2.75, 3.05) is 11.9 Å². The molecule has 0 fully saturated rings. The third kappa shape index (κ3) is 7.16. The molecule has 0 radical (unpaired) electrons. The highest BCUT2D eigenvalue weighted by molar-refractivity contribution is 5.90. The van der Waals surface area contributed by atoms with Gasteiger partial charge in [-0.15, -0.1) is 0 Å². The van der Waals surface area contributed by atoms with E-state index >= 15 is 0 Å². The zero-order chi connectivity index (χ0) is 21.9. The van der Waals surface area contributed by atoms with Crippen molar-refractivity contribution >= 4 is 17.6 Å². The maximum absolute atomic E-state index is 12.6. The maximum atomic E-state index is 12.6. The van der Waals surface area contributed by atoms with E-state index in [1.807, 2.05) is 91.9 Å². The van der Waals surface area contributed by atoms with Crippen LogP contribution in [0.15, 0.2) is 97.1 Å². The largest absolute Gasteiger partial charge is 0.353 e. The fraction of sp³-hybridized carbons (Fsp3) is 0.154. The molecule has 3 amide bonds. The lowest BCUT2D eigenvalue weighted by Gasteiger charge is -2.16. The quantitative estimate of drug-likeness (QED) is 0.465. The van der Waals surface area contributed by atoms with Gasteiger partial charge in [0.25, 0.3) is 0 Å². The van der Waals surface area contributed by atoms with Crippen LogP contribution in [0.25, 0.3) is 11.1 Å². The fourth-order valence-electron chi connectivity index (χ4n) is 3.18. The van der Waals surface area contributed by atoms with Gasteiger partial charge in [-0.3, -0.25) is 4.79 Å². The Balaban J connectivity index is 1.64. The highest BCUT2D eigenvalue weighted by atomic mass is 16.2. The molecule has 3 rings (SSSR count). The molecule has 1 atom stereocenters. The van der Waals surface area contributed by atoms with E-state index in [2.05, 4.69) is 16.0 Å². The van der Waals surface area contributed by atoms with Crippen LogP contribution >= 0.6 is 0 Å². The van der Waals surface area contributed by atoms with Gasteiger partial charge in [-0.25, -0.2) is 4.79 Å². The van der Waals surface area contributed by atoms with Crippen molar-refractivity contribution in [3.05, 3.63) is 103 Å². The summed E-state index contributed by atoms with van der Waals surface area (Å²) in [5.74, 6) is -0.181. The number of hydrogen-bond acceptors (Lipinski definition) is 2. The Bertz CT molecular complexity index is 1000. The Kier molecular flexibility index (Phi) is 8.00. The first kappa shape index (κ1) is 21.8. The Labute approximate surface area is 183 Å². The van der Waals surface area contributed by atoms with Crippen LogP contribution in [0.4, 0.5) is 10.5 Å². The van der Waals surface area contributed by atoms with Gasteiger partial charge in [0.2, 0.25) is 5.91 Å². The maximum Gasteiger partial charge on any atom is 0.319 e. The van der Waals surface area contributed by atoms with Crippen LogP contribution in [0.2, 0.25) is 0 Å². The molecule has 0 aliphatic rings. The van der Waals surface area contributed by atoms with Crippen molar-refractivity contribution < 1.29 is 9.59 Å². The fourth-order valence-corrected chi connectivity index (χ4v) is 3.18. The zero-order valence-electron chi connectivity index (χ0n) is 17.5. The number of benzene rings is 3. The summed E-state index contributed by atoms with van der Waals surface area (Å²) in [4.78, 5) is 24.4. The number of likely N-dealkylation sites (N-methyl/N-ethyl adjacent to an activating group) is 1. The molecule has 0 spiro atoms. The number of carbonyl (C=O) groups excluding carboxylic acids is 2. The number of amides is 3. The molecule has 0 aliphatic heterocycles. The Hall–Kier alpha value is -3.86. The van der Waals surface area contributed by atoms with Crippen molar-refractivity contribution in [3.63, 3.8) is 0 Å². The van der Waals surface area contributed by atoms with Gasteiger partial charge in [-0.1, -0.05) is 78.9 Å². The Morgan fingerprint density at radius 1 is 0.839 bits per heavy atom. The first-order chi connectivity index (χ1) is 15.1. The lowest BCUT2D eigenvalue weighted by molar-refractivity contribution is -0.116. The molecule has 3 aromatic carbocycles. The SMILES string of the molecule is CCNC(=O)C=C[C@@H](Cc1ccccc1)NC(=O)Nc1ccc(-c2ccccc2)cc1. The molecule has 0 unspecified atom stereocenters. The lowest BCUT2D eigenvalue weighted by atomic mass is 10.1. The molecule has 0 saturated carbocycles. The highest BCUT2D eigenvalue weighted by Crippen LogP contribution is 2.21. The normalized spacial score (nSPS) is 11.6. The van der Waals surface area contributed by atoms with Crippen LogP contribution in [0.1, 0.15) is 12.5 Å². The zero-order valence-corrected chi connectivity index (χ0v) is 17.5. The van der Waals surface area contributed by atoms with Gasteiger partial charge >= 0.3 is 6.03 Å². The van der Waals surface area contributed by atoms with E-state index in [9.17, 15) is 9.59 Å². The van der Waals surface area contributed by atoms with E-state index in [0.29, 0.717) is 18.7 Å². The van der Waals surface area contributed by atoms with E-state index in [1.54, 1.807) is 6.08 Å². The molecule has 0 aromatic heterocycles. The van der Waals surface area contributed by atoms with E-state index in [-0.39, 0.29) is 18.0 Å². The van der Waals surface area contributed by atoms with Crippen molar-refractivity contribution in [1.82, 2.24) is 10.6 Å². The molecule has 31 heavy (non-hydrogen) atoms. The number of carbonyl (C=O) groups is 2. The molecule has 3 N–H and O–H groups in total. The van der Waals surface area contributed by atoms with Crippen LogP contribution in [0.5, 0.6) is 0 Å². The van der Waals surface area contributed by atoms with E-state index in [0.717, 1.165) is 16.7 Å². The second kappa shape index (κ2) is 11.4. The minimum absolute atomic E-state index is 0.181. The van der Waals surface area contributed by atoms with Gasteiger partial charge in [-0.05, 0) is 42.2 Å². The summed E-state index contributed by atoms with van der Waals surface area (Å²) < 4.78 is 0. The molecular weight excluding hydrogens is 386 g/mol. The standard InChI is InChI=1S/C26H27N3O2/c1-2-27-25(30)18-17-24(19-20-9-5-3-6-10-20)29-26(31)28-23-15-13-22(14-16-23)21-11-7-4-8-12-21/h3-18,24H,2,19H2,1H3,(H,27,30)(H2,28,29,31)/t24-/m0/s1. The second-order valence-corrected chi connectivity index (χ2v) is 7.09. The smallest absolute Gasteiger partial charge is 0.319 e. The first-order valence-electron chi connectivity index (χ1n) is 10.4. The summed E-state index contributed by atoms with van der Waals surface area (Å²) >= 11 is 0. The highest BCUT2D eigenvalue weighted by Gasteiger charge is 2.11. The molecular formula is C26H27N3O2. The lowest BCUT2D eigenvalue weighted by Crippen LogP contribution is -2.38. The second-order valence-electron chi connectivity index (χ2n) is 7.09. The van der Waals surface area contributed by atoms with Crippen LogP contribution in [0.3, 0.4) is 0 Å². The van der Waals surface area contributed by atoms with Crippen molar-refractivity contribution in [1.29, 1.82) is 0 Å². The Morgan fingerprint density at radius 2 is 1.45 bits per heavy atom. The molecule has 5 heteroatoms. The molecule has 0 saturated heterocycles. The average Bonchev–Trinajstić information content (AvgIpc) is 2.79. The van der Waals surface area contributed by atoms with Crippen LogP contribution in [0, 0.1) is 0 Å². The number of nitrogens with one attached hydrogen (secondary N) is 3. The molecule has 0 heterocycles. The topological polar surface area (TPSA) is 70.2 Å². The first-order valence-corrected chi connectivity index (χ1v) is 10.4. The minimum Gasteiger partial charge on any atom is -0.353 e. The third-order valence-electron chi connectivity index (χ3n) is 4.70. The van der Waals surface area contributed by atoms with E-state index in [1.165, 1.54) is 6.08 Å². The Morgan fingerprint density at radius 3 is 2.10 bits per heavy atom. The van der Waals surface area contributed by atoms with Crippen LogP contribution in [-0.2, 0) is 11.2 Å². The molecule has 5 nitrogen and oxygen atoms in total. The molecule has 0 aliphatic carbocycles. The summed E-state index contributed by atoms with van der Waals surface area (Å²) in [5.41, 5.74) is 3.97. The van der Waals surface area contributed by atoms with Crippen LogP contribution in [-0.4, -0.2) is 24.5 Å². The summed E-state index contributed by atoms with van der Waals surface area (Å²) in [6.45, 7) is 2.42. The van der Waals surface area contributed by atoms with E-state index in [4.69, 9.17) is 0 Å². The average molecular weight is 414 g/mol. The number of anilines is 1. The number of rotatable bonds is 8. The van der Waals surface area contributed by atoms with Crippen molar-refractivity contribution in [3.8, 4) is 11.1 Å². The summed E-state index contributed by atoms with van der Waals surface area (Å²) in [7, 11) is 0. The van der Waals surface area contributed by atoms with Gasteiger partial charge in [0.15, 0.2) is 0 Å². The van der Waals surface area contributed by atoms with Crippen LogP contribution < -0.4 is 16.0 Å². The van der Waals surface area contributed by atoms with E-state index < -0.39 is 0 Å². The molecule has 0 bridgehead atoms. The number of hydrogen-bond donors (Lipinski definition) is 3. The summed E-state index contributed by atoms with van der Waals surface area (Å²) in [6, 6.07) is 27.0. The predicted octanol–water partition coefficient (Wildman–Crippen LogP) is 4.78. The molecule has 158 valence electrons. The monoisotopic (exact) mass is 413 g/mol. The third-order valence-corrected chi connectivity index (χ3v) is 4.70.